The highest BCUT2D eigenvalue weighted by molar-refractivity contribution is 5.79. The minimum Gasteiger partial charge on any atom is -0.355 e. The number of aromatic nitrogens is 3. The Labute approximate surface area is 100 Å². The highest BCUT2D eigenvalue weighted by atomic mass is 16.1. The van der Waals surface area contributed by atoms with E-state index in [2.05, 4.69) is 20.5 Å². The lowest BCUT2D eigenvalue weighted by Crippen LogP contribution is -2.34. The van der Waals surface area contributed by atoms with Gasteiger partial charge in [0.15, 0.2) is 0 Å². The molecule has 3 unspecified atom stereocenters. The highest BCUT2D eigenvalue weighted by Gasteiger charge is 2.42. The fraction of sp³-hybridized carbons (Fsp3) is 0.750. The van der Waals surface area contributed by atoms with Crippen LogP contribution in [0.1, 0.15) is 31.5 Å². The highest BCUT2D eigenvalue weighted by Crippen LogP contribution is 2.48. The van der Waals surface area contributed by atoms with Gasteiger partial charge >= 0.3 is 0 Å². The monoisotopic (exact) mass is 234 g/mol. The summed E-state index contributed by atoms with van der Waals surface area (Å²) in [4.78, 5) is 16.0. The molecule has 0 radical (unpaired) electrons. The zero-order chi connectivity index (χ0) is 11.7. The number of rotatable bonds is 4. The van der Waals surface area contributed by atoms with Gasteiger partial charge in [0.2, 0.25) is 5.91 Å². The second-order valence-corrected chi connectivity index (χ2v) is 5.25. The number of fused-ring (bicyclic) bond motifs is 2. The number of nitrogens with zero attached hydrogens (tertiary/aromatic N) is 2. The lowest BCUT2D eigenvalue weighted by atomic mass is 9.88. The van der Waals surface area contributed by atoms with Crippen LogP contribution in [0.25, 0.3) is 0 Å². The molecule has 3 rings (SSSR count). The van der Waals surface area contributed by atoms with Crippen LogP contribution in [0.2, 0.25) is 0 Å². The summed E-state index contributed by atoms with van der Waals surface area (Å²) >= 11 is 0. The lowest BCUT2D eigenvalue weighted by Gasteiger charge is -2.20. The molecule has 5 nitrogen and oxygen atoms in total. The van der Waals surface area contributed by atoms with Gasteiger partial charge in [-0.25, -0.2) is 4.98 Å². The average molecular weight is 234 g/mol. The third-order valence-electron chi connectivity index (χ3n) is 4.20. The molecule has 2 N–H and O–H groups in total. The van der Waals surface area contributed by atoms with Crippen LogP contribution in [-0.2, 0) is 11.2 Å². The van der Waals surface area contributed by atoms with Gasteiger partial charge in [-0.3, -0.25) is 9.89 Å². The van der Waals surface area contributed by atoms with Crippen molar-refractivity contribution in [1.29, 1.82) is 0 Å². The molecule has 1 aromatic rings. The summed E-state index contributed by atoms with van der Waals surface area (Å²) in [7, 11) is 0. The Morgan fingerprint density at radius 3 is 3.06 bits per heavy atom. The smallest absolute Gasteiger partial charge is 0.223 e. The minimum absolute atomic E-state index is 0.247. The van der Waals surface area contributed by atoms with Gasteiger partial charge in [0, 0.05) is 18.9 Å². The largest absolute Gasteiger partial charge is 0.355 e. The van der Waals surface area contributed by atoms with Crippen LogP contribution in [0.4, 0.5) is 0 Å². The lowest BCUT2D eigenvalue weighted by molar-refractivity contribution is -0.126. The zero-order valence-corrected chi connectivity index (χ0v) is 9.85. The van der Waals surface area contributed by atoms with E-state index in [4.69, 9.17) is 0 Å². The predicted octanol–water partition coefficient (Wildman–Crippen LogP) is 0.900. The molecule has 92 valence electrons. The Morgan fingerprint density at radius 1 is 1.47 bits per heavy atom. The van der Waals surface area contributed by atoms with Gasteiger partial charge in [0.05, 0.1) is 0 Å². The summed E-state index contributed by atoms with van der Waals surface area (Å²) < 4.78 is 0. The normalized spacial score (nSPS) is 30.7. The molecule has 3 atom stereocenters. The Kier molecular flexibility index (Phi) is 2.82. The molecule has 1 aromatic heterocycles. The van der Waals surface area contributed by atoms with Gasteiger partial charge < -0.3 is 5.32 Å². The van der Waals surface area contributed by atoms with Crippen LogP contribution >= 0.6 is 0 Å². The van der Waals surface area contributed by atoms with Crippen molar-refractivity contribution in [3.63, 3.8) is 0 Å². The first-order valence-electron chi connectivity index (χ1n) is 6.45. The molecule has 2 fully saturated rings. The van der Waals surface area contributed by atoms with Crippen LogP contribution in [0.3, 0.4) is 0 Å². The van der Waals surface area contributed by atoms with Gasteiger partial charge in [-0.2, -0.15) is 5.10 Å². The molecule has 1 heterocycles. The van der Waals surface area contributed by atoms with Crippen molar-refractivity contribution in [3.05, 3.63) is 12.2 Å². The minimum atomic E-state index is 0.247. The molecule has 0 aromatic carbocycles. The fourth-order valence-electron chi connectivity index (χ4n) is 3.35. The van der Waals surface area contributed by atoms with Gasteiger partial charge in [0.25, 0.3) is 0 Å². The molecule has 2 bridgehead atoms. The van der Waals surface area contributed by atoms with E-state index in [-0.39, 0.29) is 11.8 Å². The summed E-state index contributed by atoms with van der Waals surface area (Å²) in [6, 6.07) is 0. The summed E-state index contributed by atoms with van der Waals surface area (Å²) in [5, 5.41) is 9.60. The second kappa shape index (κ2) is 4.47. The van der Waals surface area contributed by atoms with Gasteiger partial charge in [-0.05, 0) is 31.1 Å². The first kappa shape index (κ1) is 10.7. The van der Waals surface area contributed by atoms with E-state index < -0.39 is 0 Å². The van der Waals surface area contributed by atoms with Crippen LogP contribution in [0.5, 0.6) is 0 Å². The van der Waals surface area contributed by atoms with Crippen LogP contribution in [0, 0.1) is 17.8 Å². The standard InChI is InChI=1S/C12H18N4O/c17-12(10-6-8-1-2-9(10)5-8)13-4-3-11-14-7-15-16-11/h7-10H,1-6H2,(H,13,17)(H,14,15,16). The van der Waals surface area contributed by atoms with E-state index >= 15 is 0 Å². The third-order valence-corrected chi connectivity index (χ3v) is 4.20. The number of amides is 1. The van der Waals surface area contributed by atoms with Crippen LogP contribution in [0.15, 0.2) is 6.33 Å². The van der Waals surface area contributed by atoms with Gasteiger partial charge in [-0.1, -0.05) is 6.42 Å². The third kappa shape index (κ3) is 2.18. The van der Waals surface area contributed by atoms with Crippen molar-refractivity contribution < 1.29 is 4.79 Å². The van der Waals surface area contributed by atoms with Crippen molar-refractivity contribution in [1.82, 2.24) is 20.5 Å². The van der Waals surface area contributed by atoms with Crippen molar-refractivity contribution in [2.75, 3.05) is 6.54 Å². The summed E-state index contributed by atoms with van der Waals surface area (Å²) in [5.41, 5.74) is 0. The quantitative estimate of drug-likeness (QED) is 0.813. The topological polar surface area (TPSA) is 70.7 Å². The maximum absolute atomic E-state index is 12.0. The maximum atomic E-state index is 12.0. The summed E-state index contributed by atoms with van der Waals surface area (Å²) in [6.45, 7) is 0.655. The molecule has 2 saturated carbocycles. The Balaban J connectivity index is 1.45. The summed E-state index contributed by atoms with van der Waals surface area (Å²) in [6.07, 6.45) is 7.20. The first-order chi connectivity index (χ1) is 8.33. The molecular formula is C12H18N4O. The maximum Gasteiger partial charge on any atom is 0.223 e. The number of nitrogens with one attached hydrogen (secondary N) is 2. The first-order valence-corrected chi connectivity index (χ1v) is 6.45. The van der Waals surface area contributed by atoms with E-state index in [9.17, 15) is 4.79 Å². The molecule has 2 aliphatic carbocycles. The van der Waals surface area contributed by atoms with E-state index in [0.29, 0.717) is 12.5 Å². The van der Waals surface area contributed by atoms with Crippen molar-refractivity contribution in [2.24, 2.45) is 17.8 Å². The van der Waals surface area contributed by atoms with Crippen molar-refractivity contribution >= 4 is 5.91 Å². The second-order valence-electron chi connectivity index (χ2n) is 5.25. The van der Waals surface area contributed by atoms with E-state index in [1.807, 2.05) is 0 Å². The Morgan fingerprint density at radius 2 is 2.41 bits per heavy atom. The molecular weight excluding hydrogens is 216 g/mol. The van der Waals surface area contributed by atoms with Crippen molar-refractivity contribution in [2.45, 2.75) is 32.1 Å². The number of hydrogen-bond acceptors (Lipinski definition) is 3. The van der Waals surface area contributed by atoms with Gasteiger partial charge in [-0.15, -0.1) is 0 Å². The SMILES string of the molecule is O=C(NCCc1ncn[nH]1)C1CC2CCC1C2. The number of carbonyl (C=O) groups excluding carboxylic acids is 1. The van der Waals surface area contributed by atoms with Crippen LogP contribution in [-0.4, -0.2) is 27.6 Å². The zero-order valence-electron chi connectivity index (χ0n) is 9.85. The molecule has 5 heteroatoms. The molecule has 0 aliphatic heterocycles. The molecule has 0 saturated heterocycles. The number of carbonyl (C=O) groups is 1. The molecule has 17 heavy (non-hydrogen) atoms. The average Bonchev–Trinajstić information content (AvgIpc) is 3.05. The fourth-order valence-corrected chi connectivity index (χ4v) is 3.35. The van der Waals surface area contributed by atoms with E-state index in [0.717, 1.165) is 24.6 Å². The Bertz CT molecular complexity index is 389. The van der Waals surface area contributed by atoms with Gasteiger partial charge in [0.1, 0.15) is 12.2 Å². The number of hydrogen-bond donors (Lipinski definition) is 2. The Hall–Kier alpha value is -1.39. The molecule has 0 spiro atoms. The summed E-state index contributed by atoms with van der Waals surface area (Å²) in [5.74, 6) is 2.84. The van der Waals surface area contributed by atoms with E-state index in [1.165, 1.54) is 25.6 Å². The van der Waals surface area contributed by atoms with Crippen molar-refractivity contribution in [3.8, 4) is 0 Å². The number of H-pyrrole nitrogens is 1. The molecule has 1 amide bonds. The van der Waals surface area contributed by atoms with E-state index in [1.54, 1.807) is 0 Å². The number of aromatic amines is 1. The molecule has 2 aliphatic rings. The van der Waals surface area contributed by atoms with Crippen LogP contribution < -0.4 is 5.32 Å². The predicted molar refractivity (Wildman–Crippen MR) is 62.0 cm³/mol.